The van der Waals surface area contributed by atoms with E-state index in [1.54, 1.807) is 0 Å². The molecule has 0 N–H and O–H groups in total. The molecule has 0 bridgehead atoms. The van der Waals surface area contributed by atoms with Crippen LogP contribution in [0.2, 0.25) is 0 Å². The number of hydrogen-bond donors (Lipinski definition) is 0. The van der Waals surface area contributed by atoms with Crippen molar-refractivity contribution in [1.29, 1.82) is 0 Å². The van der Waals surface area contributed by atoms with Crippen molar-refractivity contribution in [3.63, 3.8) is 0 Å². The SMILES string of the molecule is COC(=O)/C=C\C=C\S(=O)(=O)F. The second kappa shape index (κ2) is 4.66. The van der Waals surface area contributed by atoms with Crippen LogP contribution in [0.4, 0.5) is 3.89 Å². The number of carbonyl (C=O) groups excluding carboxylic acids is 1. The zero-order valence-electron chi connectivity index (χ0n) is 6.23. The van der Waals surface area contributed by atoms with Gasteiger partial charge in [0, 0.05) is 6.08 Å². The summed E-state index contributed by atoms with van der Waals surface area (Å²) in [6, 6.07) is 0. The molecule has 0 saturated heterocycles. The Balaban J connectivity index is 4.08. The average Bonchev–Trinajstić information content (AvgIpc) is 1.96. The second-order valence-corrected chi connectivity index (χ2v) is 2.91. The highest BCUT2D eigenvalue weighted by molar-refractivity contribution is 7.89. The van der Waals surface area contributed by atoms with E-state index in [-0.39, 0.29) is 0 Å². The van der Waals surface area contributed by atoms with Gasteiger partial charge >= 0.3 is 16.2 Å². The largest absolute Gasteiger partial charge is 0.466 e. The van der Waals surface area contributed by atoms with E-state index >= 15 is 0 Å². The predicted octanol–water partition coefficient (Wildman–Crippen LogP) is 0.529. The highest BCUT2D eigenvalue weighted by atomic mass is 32.3. The molecule has 4 nitrogen and oxygen atoms in total. The zero-order chi connectivity index (χ0) is 9.61. The summed E-state index contributed by atoms with van der Waals surface area (Å²) in [5.41, 5.74) is 0. The summed E-state index contributed by atoms with van der Waals surface area (Å²) in [7, 11) is -3.44. The van der Waals surface area contributed by atoms with Crippen LogP contribution in [0.15, 0.2) is 23.6 Å². The molecule has 0 aliphatic rings. The number of halogens is 1. The van der Waals surface area contributed by atoms with E-state index in [1.807, 2.05) is 0 Å². The monoisotopic (exact) mass is 194 g/mol. The van der Waals surface area contributed by atoms with E-state index < -0.39 is 16.2 Å². The minimum atomic E-state index is -4.61. The molecule has 0 aromatic carbocycles. The molecule has 0 saturated carbocycles. The standard InChI is InChI=1S/C6H7FO4S/c1-11-6(8)4-2-3-5-12(7,9)10/h2-5H,1H3/b4-2-,5-3+. The third-order valence-electron chi connectivity index (χ3n) is 0.786. The summed E-state index contributed by atoms with van der Waals surface area (Å²) < 4.78 is 35.6. The van der Waals surface area contributed by atoms with Crippen molar-refractivity contribution < 1.29 is 21.8 Å². The lowest BCUT2D eigenvalue weighted by atomic mass is 10.5. The molecule has 6 heteroatoms. The molecular formula is C6H7FO4S. The lowest BCUT2D eigenvalue weighted by Crippen LogP contribution is -1.92. The fourth-order valence-corrected chi connectivity index (χ4v) is 0.620. The second-order valence-electron chi connectivity index (χ2n) is 1.69. The van der Waals surface area contributed by atoms with E-state index in [0.29, 0.717) is 5.41 Å². The first-order valence-electron chi connectivity index (χ1n) is 2.83. The fourth-order valence-electron chi connectivity index (χ4n) is 0.341. The smallest absolute Gasteiger partial charge is 0.330 e. The Morgan fingerprint density at radius 2 is 2.00 bits per heavy atom. The Kier molecular flexibility index (Phi) is 4.20. The number of allylic oxidation sites excluding steroid dienone is 2. The van der Waals surface area contributed by atoms with Gasteiger partial charge in [0.05, 0.1) is 12.5 Å². The van der Waals surface area contributed by atoms with Gasteiger partial charge in [-0.25, -0.2) is 4.79 Å². The third-order valence-corrected chi connectivity index (χ3v) is 1.27. The summed E-state index contributed by atoms with van der Waals surface area (Å²) in [4.78, 5) is 10.4. The van der Waals surface area contributed by atoms with Crippen LogP contribution in [0.3, 0.4) is 0 Å². The van der Waals surface area contributed by atoms with Gasteiger partial charge in [-0.3, -0.25) is 0 Å². The number of carbonyl (C=O) groups is 1. The zero-order valence-corrected chi connectivity index (χ0v) is 7.05. The summed E-state index contributed by atoms with van der Waals surface area (Å²) >= 11 is 0. The number of ether oxygens (including phenoxy) is 1. The maximum atomic E-state index is 11.7. The molecule has 12 heavy (non-hydrogen) atoms. The predicted molar refractivity (Wildman–Crippen MR) is 40.3 cm³/mol. The summed E-state index contributed by atoms with van der Waals surface area (Å²) in [6.45, 7) is 0. The molecule has 68 valence electrons. The first kappa shape index (κ1) is 10.8. The molecule has 0 radical (unpaired) electrons. The van der Waals surface area contributed by atoms with Crippen molar-refractivity contribution in [3.8, 4) is 0 Å². The van der Waals surface area contributed by atoms with Gasteiger partial charge in [-0.2, -0.15) is 8.42 Å². The Bertz CT molecular complexity index is 302. The Morgan fingerprint density at radius 1 is 1.42 bits per heavy atom. The van der Waals surface area contributed by atoms with Crippen molar-refractivity contribution in [2.45, 2.75) is 0 Å². The van der Waals surface area contributed by atoms with Gasteiger partial charge in [-0.15, -0.1) is 3.89 Å². The van der Waals surface area contributed by atoms with Crippen LogP contribution in [0.25, 0.3) is 0 Å². The molecule has 0 unspecified atom stereocenters. The molecule has 0 amide bonds. The van der Waals surface area contributed by atoms with E-state index in [1.165, 1.54) is 7.11 Å². The molecule has 0 rings (SSSR count). The Labute approximate surface area is 69.5 Å². The van der Waals surface area contributed by atoms with E-state index in [2.05, 4.69) is 4.74 Å². The van der Waals surface area contributed by atoms with Gasteiger partial charge in [-0.1, -0.05) is 6.08 Å². The first-order valence-corrected chi connectivity index (χ1v) is 4.28. The molecule has 0 aliphatic carbocycles. The molecule has 0 atom stereocenters. The number of rotatable bonds is 3. The van der Waals surface area contributed by atoms with Gasteiger partial charge in [0.1, 0.15) is 0 Å². The minimum Gasteiger partial charge on any atom is -0.466 e. The van der Waals surface area contributed by atoms with Crippen LogP contribution in [-0.4, -0.2) is 21.5 Å². The fraction of sp³-hybridized carbons (Fsp3) is 0.167. The number of esters is 1. The quantitative estimate of drug-likeness (QED) is 0.284. The third kappa shape index (κ3) is 6.94. The van der Waals surface area contributed by atoms with Crippen molar-refractivity contribution in [2.24, 2.45) is 0 Å². The van der Waals surface area contributed by atoms with Crippen LogP contribution in [0.5, 0.6) is 0 Å². The molecule has 0 aromatic rings. The van der Waals surface area contributed by atoms with Crippen LogP contribution >= 0.6 is 0 Å². The maximum absolute atomic E-state index is 11.7. The molecule has 0 spiro atoms. The lowest BCUT2D eigenvalue weighted by Gasteiger charge is -1.85. The molecule has 0 heterocycles. The molecular weight excluding hydrogens is 187 g/mol. The van der Waals surface area contributed by atoms with Crippen LogP contribution in [0, 0.1) is 0 Å². The molecule has 0 fully saturated rings. The van der Waals surface area contributed by atoms with E-state index in [4.69, 9.17) is 0 Å². The summed E-state index contributed by atoms with van der Waals surface area (Å²) in [5.74, 6) is -0.643. The highest BCUT2D eigenvalue weighted by Crippen LogP contribution is 1.92. The topological polar surface area (TPSA) is 60.4 Å². The normalized spacial score (nSPS) is 12.5. The van der Waals surface area contributed by atoms with Crippen LogP contribution < -0.4 is 0 Å². The van der Waals surface area contributed by atoms with Crippen LogP contribution in [0.1, 0.15) is 0 Å². The van der Waals surface area contributed by atoms with E-state index in [0.717, 1.165) is 18.2 Å². The first-order chi connectivity index (χ1) is 5.45. The minimum absolute atomic E-state index is 0.326. The van der Waals surface area contributed by atoms with Gasteiger partial charge in [0.15, 0.2) is 0 Å². The highest BCUT2D eigenvalue weighted by Gasteiger charge is 1.96. The van der Waals surface area contributed by atoms with Crippen LogP contribution in [-0.2, 0) is 19.8 Å². The lowest BCUT2D eigenvalue weighted by molar-refractivity contribution is -0.134. The van der Waals surface area contributed by atoms with Gasteiger partial charge in [0.2, 0.25) is 0 Å². The number of methoxy groups -OCH3 is 1. The maximum Gasteiger partial charge on any atom is 0.330 e. The van der Waals surface area contributed by atoms with E-state index in [9.17, 15) is 17.1 Å². The van der Waals surface area contributed by atoms with Crippen molar-refractivity contribution in [2.75, 3.05) is 7.11 Å². The van der Waals surface area contributed by atoms with Crippen molar-refractivity contribution in [1.82, 2.24) is 0 Å². The van der Waals surface area contributed by atoms with Crippen molar-refractivity contribution >= 4 is 16.2 Å². The summed E-state index contributed by atoms with van der Waals surface area (Å²) in [6.07, 6.45) is 2.90. The Morgan fingerprint density at radius 3 is 2.42 bits per heavy atom. The number of hydrogen-bond acceptors (Lipinski definition) is 4. The van der Waals surface area contributed by atoms with Crippen molar-refractivity contribution in [3.05, 3.63) is 23.6 Å². The average molecular weight is 194 g/mol. The molecule has 0 aliphatic heterocycles. The van der Waals surface area contributed by atoms with Gasteiger partial charge in [0.25, 0.3) is 0 Å². The van der Waals surface area contributed by atoms with Gasteiger partial charge < -0.3 is 4.74 Å². The Hall–Kier alpha value is -1.17. The van der Waals surface area contributed by atoms with Gasteiger partial charge in [-0.05, 0) is 6.08 Å². The molecule has 0 aromatic heterocycles. The summed E-state index contributed by atoms with van der Waals surface area (Å²) in [5, 5.41) is 0.326.